The van der Waals surface area contributed by atoms with Gasteiger partial charge in [0.25, 0.3) is 0 Å². The second-order valence-corrected chi connectivity index (χ2v) is 9.99. The predicted molar refractivity (Wildman–Crippen MR) is 116 cm³/mol. The second-order valence-electron chi connectivity index (χ2n) is 9.99. The van der Waals surface area contributed by atoms with Gasteiger partial charge in [-0.2, -0.15) is 0 Å². The summed E-state index contributed by atoms with van der Waals surface area (Å²) in [5.41, 5.74) is 6.03. The van der Waals surface area contributed by atoms with Crippen LogP contribution >= 0.6 is 0 Å². The Morgan fingerprint density at radius 3 is 2.59 bits per heavy atom. The van der Waals surface area contributed by atoms with E-state index in [0.717, 1.165) is 35.3 Å². The topological polar surface area (TPSA) is 43.1 Å². The molecule has 0 N–H and O–H groups in total. The minimum Gasteiger partial charge on any atom is -0.361 e. The lowest BCUT2D eigenvalue weighted by Crippen LogP contribution is -2.23. The molecule has 0 amide bonds. The minimum absolute atomic E-state index is 0.295. The lowest BCUT2D eigenvalue weighted by molar-refractivity contribution is -0.118. The van der Waals surface area contributed by atoms with Crippen LogP contribution in [0.1, 0.15) is 97.9 Å². The van der Waals surface area contributed by atoms with Crippen LogP contribution in [0, 0.1) is 25.7 Å². The molecule has 0 bridgehead atoms. The average Bonchev–Trinajstić information content (AvgIpc) is 3.38. The van der Waals surface area contributed by atoms with Crippen molar-refractivity contribution in [1.29, 1.82) is 0 Å². The van der Waals surface area contributed by atoms with Crippen molar-refractivity contribution in [3.8, 4) is 0 Å². The van der Waals surface area contributed by atoms with Crippen LogP contribution in [0.2, 0.25) is 0 Å². The Hall–Kier alpha value is -1.90. The van der Waals surface area contributed by atoms with Gasteiger partial charge in [-0.15, -0.1) is 0 Å². The van der Waals surface area contributed by atoms with Crippen molar-refractivity contribution in [2.75, 3.05) is 0 Å². The van der Waals surface area contributed by atoms with Crippen molar-refractivity contribution in [2.24, 2.45) is 11.8 Å². The SMILES string of the molecule is Cc1ccc(CC(=O)CCc2noc(C3CC(CC(C)C)C3)c2C2CC2)c(C)c1. The third kappa shape index (κ3) is 4.82. The zero-order valence-corrected chi connectivity index (χ0v) is 18.5. The lowest BCUT2D eigenvalue weighted by atomic mass is 9.69. The number of hydrogen-bond acceptors (Lipinski definition) is 3. The summed E-state index contributed by atoms with van der Waals surface area (Å²) in [5.74, 6) is 4.26. The van der Waals surface area contributed by atoms with Crippen molar-refractivity contribution in [1.82, 2.24) is 5.16 Å². The van der Waals surface area contributed by atoms with Crippen molar-refractivity contribution >= 4 is 5.78 Å². The zero-order valence-electron chi connectivity index (χ0n) is 18.5. The van der Waals surface area contributed by atoms with E-state index in [0.29, 0.717) is 30.5 Å². The minimum atomic E-state index is 0.295. The molecule has 2 fully saturated rings. The van der Waals surface area contributed by atoms with E-state index in [9.17, 15) is 4.79 Å². The zero-order chi connectivity index (χ0) is 20.5. The maximum absolute atomic E-state index is 12.6. The van der Waals surface area contributed by atoms with Crippen LogP contribution in [0.4, 0.5) is 0 Å². The Kier molecular flexibility index (Phi) is 5.94. The van der Waals surface area contributed by atoms with Crippen LogP contribution < -0.4 is 0 Å². The van der Waals surface area contributed by atoms with Crippen molar-refractivity contribution in [3.05, 3.63) is 51.9 Å². The summed E-state index contributed by atoms with van der Waals surface area (Å²) in [6, 6.07) is 6.34. The molecule has 156 valence electrons. The van der Waals surface area contributed by atoms with Crippen molar-refractivity contribution in [3.63, 3.8) is 0 Å². The first-order chi connectivity index (χ1) is 13.9. The molecule has 1 aromatic carbocycles. The Morgan fingerprint density at radius 2 is 1.93 bits per heavy atom. The molecular weight excluding hydrogens is 358 g/mol. The van der Waals surface area contributed by atoms with E-state index in [2.05, 4.69) is 51.1 Å². The van der Waals surface area contributed by atoms with Crippen LogP contribution in [-0.2, 0) is 17.6 Å². The third-order valence-corrected chi connectivity index (χ3v) is 6.75. The first-order valence-electron chi connectivity index (χ1n) is 11.5. The highest BCUT2D eigenvalue weighted by Crippen LogP contribution is 2.51. The van der Waals surface area contributed by atoms with Gasteiger partial charge in [0.15, 0.2) is 0 Å². The number of carbonyl (C=O) groups is 1. The molecule has 1 aromatic heterocycles. The van der Waals surface area contributed by atoms with Gasteiger partial charge in [-0.1, -0.05) is 42.8 Å². The number of nitrogens with zero attached hydrogens (tertiary/aromatic N) is 1. The smallest absolute Gasteiger partial charge is 0.143 e. The summed E-state index contributed by atoms with van der Waals surface area (Å²) in [6.45, 7) is 8.80. The normalized spacial score (nSPS) is 21.4. The molecule has 3 heteroatoms. The number of aryl methyl sites for hydroxylation is 3. The van der Waals surface area contributed by atoms with E-state index < -0.39 is 0 Å². The Bertz CT molecular complexity index is 869. The van der Waals surface area contributed by atoms with E-state index >= 15 is 0 Å². The third-order valence-electron chi connectivity index (χ3n) is 6.75. The van der Waals surface area contributed by atoms with Crippen molar-refractivity contribution in [2.45, 2.75) is 90.9 Å². The summed E-state index contributed by atoms with van der Waals surface area (Å²) in [5, 5.41) is 4.45. The van der Waals surface area contributed by atoms with Gasteiger partial charge in [-0.25, -0.2) is 0 Å². The molecule has 0 atom stereocenters. The number of hydrogen-bond donors (Lipinski definition) is 0. The van der Waals surface area contributed by atoms with Gasteiger partial charge >= 0.3 is 0 Å². The summed E-state index contributed by atoms with van der Waals surface area (Å²) < 4.78 is 5.88. The molecule has 29 heavy (non-hydrogen) atoms. The Labute approximate surface area is 175 Å². The van der Waals surface area contributed by atoms with Crippen LogP contribution in [-0.4, -0.2) is 10.9 Å². The summed E-state index contributed by atoms with van der Waals surface area (Å²) >= 11 is 0. The Balaban J connectivity index is 1.37. The standard InChI is InChI=1S/C26H35NO2/c1-16(2)11-19-13-22(14-19)26-25(20-7-8-20)24(27-29-26)10-9-23(28)15-21-6-5-17(3)12-18(21)4/h5-6,12,16,19-20,22H,7-11,13-15H2,1-4H3. The van der Waals surface area contributed by atoms with Crippen LogP contribution in [0.25, 0.3) is 0 Å². The van der Waals surface area contributed by atoms with E-state index in [1.807, 2.05) is 0 Å². The molecule has 3 nitrogen and oxygen atoms in total. The highest BCUT2D eigenvalue weighted by Gasteiger charge is 2.40. The van der Waals surface area contributed by atoms with E-state index in [1.54, 1.807) is 0 Å². The van der Waals surface area contributed by atoms with Gasteiger partial charge in [0.2, 0.25) is 0 Å². The largest absolute Gasteiger partial charge is 0.361 e. The molecule has 2 aliphatic carbocycles. The highest BCUT2D eigenvalue weighted by atomic mass is 16.5. The van der Waals surface area contributed by atoms with E-state index in [-0.39, 0.29) is 0 Å². The number of ketones is 1. The molecule has 0 aliphatic heterocycles. The van der Waals surface area contributed by atoms with Crippen LogP contribution in [0.3, 0.4) is 0 Å². The molecule has 2 saturated carbocycles. The fraction of sp³-hybridized carbons (Fsp3) is 0.615. The molecule has 1 heterocycles. The number of benzene rings is 1. The number of Topliss-reactive ketones (excluding diaryl/α,β-unsaturated/α-hetero) is 1. The molecule has 2 aliphatic rings. The average molecular weight is 394 g/mol. The lowest BCUT2D eigenvalue weighted by Gasteiger charge is -2.35. The van der Waals surface area contributed by atoms with Gasteiger partial charge < -0.3 is 4.52 Å². The summed E-state index contributed by atoms with van der Waals surface area (Å²) in [7, 11) is 0. The molecule has 0 radical (unpaired) electrons. The maximum Gasteiger partial charge on any atom is 0.143 e. The van der Waals surface area contributed by atoms with Crippen LogP contribution in [0.15, 0.2) is 22.7 Å². The maximum atomic E-state index is 12.6. The van der Waals surface area contributed by atoms with E-state index in [1.165, 1.54) is 48.8 Å². The van der Waals surface area contributed by atoms with Gasteiger partial charge in [-0.3, -0.25) is 4.79 Å². The summed E-state index contributed by atoms with van der Waals surface area (Å²) in [6.07, 6.45) is 8.12. The first kappa shape index (κ1) is 20.4. The second kappa shape index (κ2) is 8.45. The Morgan fingerprint density at radius 1 is 1.17 bits per heavy atom. The predicted octanol–water partition coefficient (Wildman–Crippen LogP) is 6.45. The van der Waals surface area contributed by atoms with Crippen molar-refractivity contribution < 1.29 is 9.32 Å². The fourth-order valence-electron chi connectivity index (χ4n) is 5.04. The van der Waals surface area contributed by atoms with Gasteiger partial charge in [0, 0.05) is 30.7 Å². The molecule has 2 aromatic rings. The highest BCUT2D eigenvalue weighted by molar-refractivity contribution is 5.81. The molecule has 0 unspecified atom stereocenters. The number of aromatic nitrogens is 1. The first-order valence-corrected chi connectivity index (χ1v) is 11.5. The summed E-state index contributed by atoms with van der Waals surface area (Å²) in [4.78, 5) is 12.6. The number of carbonyl (C=O) groups excluding carboxylic acids is 1. The quantitative estimate of drug-likeness (QED) is 0.491. The van der Waals surface area contributed by atoms with Crippen LogP contribution in [0.5, 0.6) is 0 Å². The monoisotopic (exact) mass is 393 g/mol. The molecule has 0 saturated heterocycles. The molecular formula is C26H35NO2. The molecule has 4 rings (SSSR count). The van der Waals surface area contributed by atoms with E-state index in [4.69, 9.17) is 4.52 Å². The van der Waals surface area contributed by atoms with Gasteiger partial charge in [0.05, 0.1) is 5.69 Å². The van der Waals surface area contributed by atoms with Gasteiger partial charge in [0.1, 0.15) is 11.5 Å². The fourth-order valence-corrected chi connectivity index (χ4v) is 5.04. The van der Waals surface area contributed by atoms with Gasteiger partial charge in [-0.05, 0) is 74.8 Å². The number of rotatable bonds is 9. The molecule has 0 spiro atoms.